The number of imidazole rings is 1. The van der Waals surface area contributed by atoms with E-state index in [1.807, 2.05) is 0 Å². The Labute approximate surface area is 216 Å². The molecule has 4 unspecified atom stereocenters. The predicted octanol–water partition coefficient (Wildman–Crippen LogP) is -3.79. The van der Waals surface area contributed by atoms with Gasteiger partial charge in [0.05, 0.1) is 12.4 Å². The average Bonchev–Trinajstić information content (AvgIpc) is 3.34. The van der Waals surface area contributed by atoms with Crippen LogP contribution in [-0.4, -0.2) is 85.8 Å². The van der Waals surface area contributed by atoms with Gasteiger partial charge in [-0.25, -0.2) is 9.78 Å². The second-order valence-corrected chi connectivity index (χ2v) is 8.35. The van der Waals surface area contributed by atoms with Crippen LogP contribution in [0.15, 0.2) is 12.5 Å². The van der Waals surface area contributed by atoms with Crippen LogP contribution in [0.5, 0.6) is 0 Å². The zero-order valence-electron chi connectivity index (χ0n) is 20.3. The third-order valence-electron chi connectivity index (χ3n) is 5.22. The number of nitrogens with zero attached hydrogens (tertiary/aromatic N) is 1. The van der Waals surface area contributed by atoms with Crippen molar-refractivity contribution in [2.24, 2.45) is 17.2 Å². The Morgan fingerprint density at radius 1 is 0.789 bits per heavy atom. The number of carbonyl (C=O) groups excluding carboxylic acids is 5. The van der Waals surface area contributed by atoms with Crippen molar-refractivity contribution in [3.8, 4) is 0 Å². The molecule has 210 valence electrons. The lowest BCUT2D eigenvalue weighted by Gasteiger charge is -2.25. The summed E-state index contributed by atoms with van der Waals surface area (Å²) in [6.07, 6.45) is 0.658. The topological polar surface area (TPSA) is 303 Å². The van der Waals surface area contributed by atoms with Crippen LogP contribution in [0.2, 0.25) is 0 Å². The van der Waals surface area contributed by atoms with Crippen LogP contribution in [0.25, 0.3) is 0 Å². The number of carbonyl (C=O) groups is 7. The van der Waals surface area contributed by atoms with Gasteiger partial charge in [-0.15, -0.1) is 0 Å². The number of hydrogen-bond donors (Lipinski definition) is 9. The molecule has 0 spiro atoms. The molecular formula is C21H32N8O9. The zero-order valence-corrected chi connectivity index (χ0v) is 20.3. The molecule has 1 heterocycles. The van der Waals surface area contributed by atoms with E-state index < -0.39 is 78.5 Å². The normalized spacial score (nSPS) is 13.8. The van der Waals surface area contributed by atoms with Crippen LogP contribution in [0, 0.1) is 0 Å². The molecule has 0 saturated heterocycles. The highest BCUT2D eigenvalue weighted by Gasteiger charge is 2.31. The van der Waals surface area contributed by atoms with Gasteiger partial charge in [0, 0.05) is 37.6 Å². The smallest absolute Gasteiger partial charge is 0.326 e. The second kappa shape index (κ2) is 15.5. The fourth-order valence-corrected chi connectivity index (χ4v) is 3.16. The minimum absolute atomic E-state index is 0.108. The molecule has 17 nitrogen and oxygen atoms in total. The van der Waals surface area contributed by atoms with Crippen LogP contribution < -0.4 is 33.2 Å². The molecule has 0 aliphatic heterocycles. The maximum atomic E-state index is 13.1. The molecule has 1 rings (SSSR count). The highest BCUT2D eigenvalue weighted by atomic mass is 16.4. The van der Waals surface area contributed by atoms with Gasteiger partial charge in [-0.3, -0.25) is 28.8 Å². The van der Waals surface area contributed by atoms with Gasteiger partial charge in [-0.1, -0.05) is 0 Å². The number of carboxylic acids is 2. The van der Waals surface area contributed by atoms with Gasteiger partial charge in [0.2, 0.25) is 29.5 Å². The summed E-state index contributed by atoms with van der Waals surface area (Å²) in [7, 11) is 0. The van der Waals surface area contributed by atoms with Gasteiger partial charge < -0.3 is 48.3 Å². The maximum Gasteiger partial charge on any atom is 0.326 e. The molecule has 0 aliphatic rings. The third kappa shape index (κ3) is 11.9. The van der Waals surface area contributed by atoms with E-state index in [-0.39, 0.29) is 32.1 Å². The summed E-state index contributed by atoms with van der Waals surface area (Å²) in [5.74, 6) is -6.91. The van der Waals surface area contributed by atoms with E-state index in [0.29, 0.717) is 5.69 Å². The average molecular weight is 541 g/mol. The first-order chi connectivity index (χ1) is 17.8. The minimum atomic E-state index is -1.56. The van der Waals surface area contributed by atoms with Crippen LogP contribution in [0.1, 0.15) is 44.2 Å². The first-order valence-electron chi connectivity index (χ1n) is 11.4. The number of H-pyrrole nitrogens is 1. The van der Waals surface area contributed by atoms with Crippen molar-refractivity contribution in [2.75, 3.05) is 0 Å². The van der Waals surface area contributed by atoms with Crippen LogP contribution in [0.4, 0.5) is 0 Å². The summed E-state index contributed by atoms with van der Waals surface area (Å²) in [4.78, 5) is 89.6. The van der Waals surface area contributed by atoms with E-state index in [0.717, 1.165) is 0 Å². The molecule has 1 aromatic heterocycles. The minimum Gasteiger partial charge on any atom is -0.481 e. The number of primary amides is 2. The number of hydrogen-bond acceptors (Lipinski definition) is 9. The molecule has 5 amide bonds. The summed E-state index contributed by atoms with van der Waals surface area (Å²) >= 11 is 0. The largest absolute Gasteiger partial charge is 0.481 e. The lowest BCUT2D eigenvalue weighted by atomic mass is 10.1. The van der Waals surface area contributed by atoms with E-state index in [4.69, 9.17) is 22.3 Å². The predicted molar refractivity (Wildman–Crippen MR) is 127 cm³/mol. The van der Waals surface area contributed by atoms with Crippen LogP contribution in [-0.2, 0) is 40.0 Å². The molecule has 0 bridgehead atoms. The summed E-state index contributed by atoms with van der Waals surface area (Å²) in [6.45, 7) is 0. The molecule has 17 heteroatoms. The van der Waals surface area contributed by atoms with Gasteiger partial charge in [0.25, 0.3) is 0 Å². The van der Waals surface area contributed by atoms with Crippen LogP contribution in [0.3, 0.4) is 0 Å². The highest BCUT2D eigenvalue weighted by Crippen LogP contribution is 2.06. The Morgan fingerprint density at radius 2 is 1.32 bits per heavy atom. The van der Waals surface area contributed by atoms with Crippen molar-refractivity contribution in [2.45, 2.75) is 69.1 Å². The van der Waals surface area contributed by atoms with Crippen LogP contribution >= 0.6 is 0 Å². The number of amides is 5. The van der Waals surface area contributed by atoms with E-state index in [1.54, 1.807) is 0 Å². The van der Waals surface area contributed by atoms with Crippen molar-refractivity contribution in [1.82, 2.24) is 25.9 Å². The molecule has 0 saturated carbocycles. The summed E-state index contributed by atoms with van der Waals surface area (Å²) in [5.41, 5.74) is 16.3. The number of rotatable bonds is 18. The third-order valence-corrected chi connectivity index (χ3v) is 5.22. The molecule has 38 heavy (non-hydrogen) atoms. The number of nitrogens with two attached hydrogens (primary N) is 3. The highest BCUT2D eigenvalue weighted by molar-refractivity contribution is 5.94. The van der Waals surface area contributed by atoms with Crippen molar-refractivity contribution in [1.29, 1.82) is 0 Å². The van der Waals surface area contributed by atoms with E-state index >= 15 is 0 Å². The Kier molecular flexibility index (Phi) is 12.9. The molecule has 12 N–H and O–H groups in total. The second-order valence-electron chi connectivity index (χ2n) is 8.35. The number of carboxylic acid groups (broad SMARTS) is 2. The summed E-state index contributed by atoms with van der Waals surface area (Å²) in [5, 5.41) is 25.1. The molecule has 4 atom stereocenters. The maximum absolute atomic E-state index is 13.1. The zero-order chi connectivity index (χ0) is 28.8. The van der Waals surface area contributed by atoms with Crippen molar-refractivity contribution >= 4 is 41.5 Å². The van der Waals surface area contributed by atoms with Crippen molar-refractivity contribution < 1.29 is 43.8 Å². The summed E-state index contributed by atoms with van der Waals surface area (Å²) in [6, 6.07) is -5.55. The van der Waals surface area contributed by atoms with Crippen molar-refractivity contribution in [3.63, 3.8) is 0 Å². The number of aromatic nitrogens is 2. The number of aromatic amines is 1. The Balaban J connectivity index is 3.07. The van der Waals surface area contributed by atoms with Gasteiger partial charge in [0.1, 0.15) is 18.1 Å². The molecule has 0 fully saturated rings. The molecule has 0 aliphatic carbocycles. The first kappa shape index (κ1) is 31.5. The standard InChI is InChI=1S/C21H32N8O9/c22-11(1-4-15(23)30)18(34)27-12(2-5-16(24)31)19(35)29-14(7-10-8-25-9-26-10)20(36)28-13(21(37)38)3-6-17(32)33/h8-9,11-14H,1-7,22H2,(H2,23,30)(H2,24,31)(H,25,26)(H,27,34)(H,28,36)(H,29,35)(H,32,33)(H,37,38). The van der Waals surface area contributed by atoms with Gasteiger partial charge in [0.15, 0.2) is 0 Å². The number of aliphatic carboxylic acids is 2. The first-order valence-corrected chi connectivity index (χ1v) is 11.4. The lowest BCUT2D eigenvalue weighted by molar-refractivity contribution is -0.143. The Morgan fingerprint density at radius 3 is 1.84 bits per heavy atom. The fourth-order valence-electron chi connectivity index (χ4n) is 3.16. The Bertz CT molecular complexity index is 1010. The molecule has 1 aromatic rings. The van der Waals surface area contributed by atoms with E-state index in [2.05, 4.69) is 25.9 Å². The molecule has 0 radical (unpaired) electrons. The van der Waals surface area contributed by atoms with Gasteiger partial charge >= 0.3 is 11.9 Å². The molecular weight excluding hydrogens is 508 g/mol. The van der Waals surface area contributed by atoms with Gasteiger partial charge in [-0.2, -0.15) is 0 Å². The summed E-state index contributed by atoms with van der Waals surface area (Å²) < 4.78 is 0. The fraction of sp³-hybridized carbons (Fsp3) is 0.524. The van der Waals surface area contributed by atoms with Crippen molar-refractivity contribution in [3.05, 3.63) is 18.2 Å². The lowest BCUT2D eigenvalue weighted by Crippen LogP contribution is -2.57. The molecule has 0 aromatic carbocycles. The van der Waals surface area contributed by atoms with Gasteiger partial charge in [-0.05, 0) is 19.3 Å². The SMILES string of the molecule is NC(=O)CCC(N)C(=O)NC(CCC(N)=O)C(=O)NC(Cc1cnc[nH]1)C(=O)NC(CCC(=O)O)C(=O)O. The quantitative estimate of drug-likeness (QED) is 0.0869. The van der Waals surface area contributed by atoms with E-state index in [9.17, 15) is 38.7 Å². The Hall–Kier alpha value is -4.54. The van der Waals surface area contributed by atoms with E-state index in [1.165, 1.54) is 12.5 Å². The monoisotopic (exact) mass is 540 g/mol. The number of nitrogens with one attached hydrogen (secondary N) is 4.